The van der Waals surface area contributed by atoms with E-state index in [0.717, 1.165) is 12.8 Å². The number of carboxylic acids is 1. The van der Waals surface area contributed by atoms with Crippen molar-refractivity contribution in [1.82, 2.24) is 0 Å². The van der Waals surface area contributed by atoms with Crippen LogP contribution in [0, 0.1) is 29.1 Å². The minimum Gasteiger partial charge on any atom is -0.481 e. The molecule has 2 aliphatic rings. The fraction of sp³-hybridized carbons (Fsp3) is 0.867. The molecule has 3 nitrogen and oxygen atoms in total. The van der Waals surface area contributed by atoms with Gasteiger partial charge in [-0.3, -0.25) is 9.59 Å². The van der Waals surface area contributed by atoms with Gasteiger partial charge in [0.1, 0.15) is 5.78 Å². The third-order valence-corrected chi connectivity index (χ3v) is 5.34. The van der Waals surface area contributed by atoms with Gasteiger partial charge in [-0.25, -0.2) is 0 Å². The Morgan fingerprint density at radius 1 is 1.39 bits per heavy atom. The average Bonchev–Trinajstić information content (AvgIpc) is 2.26. The lowest BCUT2D eigenvalue weighted by Gasteiger charge is -2.52. The Balaban J connectivity index is 2.28. The van der Waals surface area contributed by atoms with Crippen molar-refractivity contribution in [3.63, 3.8) is 0 Å². The number of hydrogen-bond acceptors (Lipinski definition) is 2. The smallest absolute Gasteiger partial charge is 0.304 e. The van der Waals surface area contributed by atoms with Crippen LogP contribution < -0.4 is 0 Å². The molecular formula is C15H24O3. The summed E-state index contributed by atoms with van der Waals surface area (Å²) in [7, 11) is 0. The van der Waals surface area contributed by atoms with Crippen LogP contribution in [0.4, 0.5) is 0 Å². The predicted octanol–water partition coefficient (Wildman–Crippen LogP) is 3.13. The summed E-state index contributed by atoms with van der Waals surface area (Å²) in [6.07, 6.45) is 3.88. The van der Waals surface area contributed by atoms with E-state index in [1.165, 1.54) is 6.42 Å². The van der Waals surface area contributed by atoms with Crippen LogP contribution in [0.5, 0.6) is 0 Å². The summed E-state index contributed by atoms with van der Waals surface area (Å²) >= 11 is 0. The molecule has 2 aliphatic carbocycles. The van der Waals surface area contributed by atoms with Crippen LogP contribution in [0.2, 0.25) is 0 Å². The summed E-state index contributed by atoms with van der Waals surface area (Å²) in [4.78, 5) is 23.1. The van der Waals surface area contributed by atoms with Gasteiger partial charge in [0, 0.05) is 12.3 Å². The van der Waals surface area contributed by atoms with Gasteiger partial charge in [0.05, 0.1) is 6.42 Å². The number of Topliss-reactive ketones (excluding diaryl/α,β-unsaturated/α-hetero) is 1. The molecule has 4 atom stereocenters. The number of carboxylic acid groups (broad SMARTS) is 1. The second-order valence-electron chi connectivity index (χ2n) is 6.90. The van der Waals surface area contributed by atoms with Crippen LogP contribution in [0.3, 0.4) is 0 Å². The molecule has 0 aromatic heterocycles. The lowest BCUT2D eigenvalue weighted by Crippen LogP contribution is -2.48. The van der Waals surface area contributed by atoms with E-state index in [1.54, 1.807) is 0 Å². The number of carbonyl (C=O) groups is 2. The quantitative estimate of drug-likeness (QED) is 0.821. The van der Waals surface area contributed by atoms with Crippen LogP contribution in [0.25, 0.3) is 0 Å². The Morgan fingerprint density at radius 3 is 2.67 bits per heavy atom. The Labute approximate surface area is 109 Å². The van der Waals surface area contributed by atoms with E-state index in [4.69, 9.17) is 5.11 Å². The van der Waals surface area contributed by atoms with Crippen molar-refractivity contribution in [2.45, 2.75) is 52.9 Å². The minimum absolute atomic E-state index is 0.0282. The first kappa shape index (κ1) is 13.6. The highest BCUT2D eigenvalue weighted by Crippen LogP contribution is 2.54. The molecule has 0 bridgehead atoms. The molecule has 0 aromatic carbocycles. The van der Waals surface area contributed by atoms with E-state index >= 15 is 0 Å². The Kier molecular flexibility index (Phi) is 3.52. The summed E-state index contributed by atoms with van der Waals surface area (Å²) in [5.41, 5.74) is 0.259. The molecule has 1 N–H and O–H groups in total. The van der Waals surface area contributed by atoms with Gasteiger partial charge in [-0.15, -0.1) is 0 Å². The molecule has 3 unspecified atom stereocenters. The molecule has 0 spiro atoms. The van der Waals surface area contributed by atoms with Crippen LogP contribution >= 0.6 is 0 Å². The van der Waals surface area contributed by atoms with Crippen LogP contribution in [-0.2, 0) is 9.59 Å². The highest BCUT2D eigenvalue weighted by atomic mass is 16.4. The SMILES string of the molecule is C[C@H]1CCC(C)(C)C2CCC(=O)C(CC(=O)O)C21. The summed E-state index contributed by atoms with van der Waals surface area (Å²) < 4.78 is 0. The zero-order chi connectivity index (χ0) is 13.5. The molecule has 18 heavy (non-hydrogen) atoms. The van der Waals surface area contributed by atoms with Gasteiger partial charge in [-0.05, 0) is 42.4 Å². The lowest BCUT2D eigenvalue weighted by atomic mass is 9.52. The standard InChI is InChI=1S/C15H24O3/c1-9-6-7-15(2,3)11-4-5-12(16)10(14(9)11)8-13(17)18/h9-11,14H,4-8H2,1-3H3,(H,17,18)/t9-,10?,11?,14?/m0/s1. The summed E-state index contributed by atoms with van der Waals surface area (Å²) in [5.74, 6) is 0.398. The third-order valence-electron chi connectivity index (χ3n) is 5.34. The van der Waals surface area contributed by atoms with Crippen LogP contribution in [0.1, 0.15) is 52.9 Å². The molecule has 0 radical (unpaired) electrons. The largest absolute Gasteiger partial charge is 0.481 e. The number of fused-ring (bicyclic) bond motifs is 1. The van der Waals surface area contributed by atoms with Gasteiger partial charge in [0.2, 0.25) is 0 Å². The van der Waals surface area contributed by atoms with Gasteiger partial charge < -0.3 is 5.11 Å². The predicted molar refractivity (Wildman–Crippen MR) is 69.1 cm³/mol. The first-order chi connectivity index (χ1) is 8.33. The molecule has 0 aromatic rings. The van der Waals surface area contributed by atoms with Crippen molar-refractivity contribution in [3.05, 3.63) is 0 Å². The normalized spacial score (nSPS) is 39.2. The van der Waals surface area contributed by atoms with E-state index in [-0.39, 0.29) is 29.5 Å². The van der Waals surface area contributed by atoms with Gasteiger partial charge in [0.15, 0.2) is 0 Å². The van der Waals surface area contributed by atoms with Crippen LogP contribution in [0.15, 0.2) is 0 Å². The third kappa shape index (κ3) is 2.32. The second kappa shape index (κ2) is 4.67. The van der Waals surface area contributed by atoms with Crippen molar-refractivity contribution in [2.75, 3.05) is 0 Å². The maximum absolute atomic E-state index is 12.1. The minimum atomic E-state index is -0.829. The molecule has 0 amide bonds. The van der Waals surface area contributed by atoms with Crippen molar-refractivity contribution in [3.8, 4) is 0 Å². The van der Waals surface area contributed by atoms with Gasteiger partial charge >= 0.3 is 5.97 Å². The van der Waals surface area contributed by atoms with Gasteiger partial charge in [-0.1, -0.05) is 20.8 Å². The fourth-order valence-corrected chi connectivity index (χ4v) is 4.29. The Morgan fingerprint density at radius 2 is 2.06 bits per heavy atom. The first-order valence-corrected chi connectivity index (χ1v) is 7.07. The molecular weight excluding hydrogens is 228 g/mol. The van der Waals surface area contributed by atoms with Crippen LogP contribution in [-0.4, -0.2) is 16.9 Å². The highest BCUT2D eigenvalue weighted by Gasteiger charge is 2.50. The number of carbonyl (C=O) groups excluding carboxylic acids is 1. The van der Waals surface area contributed by atoms with Crippen molar-refractivity contribution >= 4 is 11.8 Å². The molecule has 2 fully saturated rings. The number of rotatable bonds is 2. The average molecular weight is 252 g/mol. The lowest BCUT2D eigenvalue weighted by molar-refractivity contribution is -0.147. The molecule has 3 heteroatoms. The molecule has 102 valence electrons. The van der Waals surface area contributed by atoms with Crippen molar-refractivity contribution in [1.29, 1.82) is 0 Å². The van der Waals surface area contributed by atoms with Gasteiger partial charge in [0.25, 0.3) is 0 Å². The maximum Gasteiger partial charge on any atom is 0.304 e. The van der Waals surface area contributed by atoms with E-state index < -0.39 is 5.97 Å². The summed E-state index contributed by atoms with van der Waals surface area (Å²) in [6, 6.07) is 0. The zero-order valence-corrected chi connectivity index (χ0v) is 11.6. The molecule has 2 rings (SSSR count). The Hall–Kier alpha value is -0.860. The summed E-state index contributed by atoms with van der Waals surface area (Å²) in [6.45, 7) is 6.76. The highest BCUT2D eigenvalue weighted by molar-refractivity contribution is 5.86. The monoisotopic (exact) mass is 252 g/mol. The second-order valence-corrected chi connectivity index (χ2v) is 6.90. The number of hydrogen-bond donors (Lipinski definition) is 1. The maximum atomic E-state index is 12.1. The molecule has 2 saturated carbocycles. The first-order valence-electron chi connectivity index (χ1n) is 7.07. The topological polar surface area (TPSA) is 54.4 Å². The van der Waals surface area contributed by atoms with E-state index in [9.17, 15) is 9.59 Å². The zero-order valence-electron chi connectivity index (χ0n) is 11.6. The number of ketones is 1. The summed E-state index contributed by atoms with van der Waals surface area (Å²) in [5, 5.41) is 9.04. The Bertz CT molecular complexity index is 359. The number of aliphatic carboxylic acids is 1. The van der Waals surface area contributed by atoms with E-state index in [0.29, 0.717) is 18.3 Å². The van der Waals surface area contributed by atoms with E-state index in [2.05, 4.69) is 20.8 Å². The van der Waals surface area contributed by atoms with Gasteiger partial charge in [-0.2, -0.15) is 0 Å². The van der Waals surface area contributed by atoms with Crippen molar-refractivity contribution in [2.24, 2.45) is 29.1 Å². The molecule has 0 saturated heterocycles. The molecule has 0 aliphatic heterocycles. The van der Waals surface area contributed by atoms with E-state index in [1.807, 2.05) is 0 Å². The molecule has 0 heterocycles. The fourth-order valence-electron chi connectivity index (χ4n) is 4.29. The van der Waals surface area contributed by atoms with Crippen molar-refractivity contribution < 1.29 is 14.7 Å².